The summed E-state index contributed by atoms with van der Waals surface area (Å²) in [6.45, 7) is 3.57. The van der Waals surface area contributed by atoms with Crippen molar-refractivity contribution in [1.29, 1.82) is 0 Å². The third-order valence-electron chi connectivity index (χ3n) is 3.70. The molecule has 0 aliphatic heterocycles. The highest BCUT2D eigenvalue weighted by Gasteiger charge is 2.12. The summed E-state index contributed by atoms with van der Waals surface area (Å²) in [5, 5.41) is 0. The molecule has 0 aromatic heterocycles. The number of hydrogen-bond acceptors (Lipinski definition) is 5. The summed E-state index contributed by atoms with van der Waals surface area (Å²) < 4.78 is 10.2. The summed E-state index contributed by atoms with van der Waals surface area (Å²) in [5.41, 5.74) is 6.90. The van der Waals surface area contributed by atoms with Gasteiger partial charge < -0.3 is 15.2 Å². The maximum absolute atomic E-state index is 12.1. The number of carbonyl (C=O) groups is 3. The van der Waals surface area contributed by atoms with Crippen LogP contribution in [0.1, 0.15) is 46.0 Å². The molecule has 2 N–H and O–H groups in total. The van der Waals surface area contributed by atoms with Gasteiger partial charge in [0.25, 0.3) is 5.91 Å². The molecule has 0 unspecified atom stereocenters. The maximum Gasteiger partial charge on any atom is 0.338 e. The lowest BCUT2D eigenvalue weighted by Gasteiger charge is -2.08. The molecule has 136 valence electrons. The van der Waals surface area contributed by atoms with Crippen LogP contribution in [0.25, 0.3) is 0 Å². The molecule has 0 radical (unpaired) electrons. The summed E-state index contributed by atoms with van der Waals surface area (Å²) in [5.74, 6) is -0.685. The molecule has 0 spiro atoms. The summed E-state index contributed by atoms with van der Waals surface area (Å²) in [7, 11) is 0. The van der Waals surface area contributed by atoms with E-state index in [1.807, 2.05) is 12.1 Å². The second-order valence-corrected chi connectivity index (χ2v) is 6.06. The van der Waals surface area contributed by atoms with Crippen molar-refractivity contribution >= 4 is 17.7 Å². The maximum atomic E-state index is 12.1. The van der Waals surface area contributed by atoms with E-state index in [4.69, 9.17) is 15.2 Å². The molecule has 2 aromatic carbocycles. The number of carbonyl (C=O) groups excluding carboxylic acids is 3. The van der Waals surface area contributed by atoms with Gasteiger partial charge in [-0.2, -0.15) is 0 Å². The van der Waals surface area contributed by atoms with Crippen LogP contribution in [0.4, 0.5) is 0 Å². The summed E-state index contributed by atoms with van der Waals surface area (Å²) in [4.78, 5) is 34.8. The Labute approximate surface area is 151 Å². The van der Waals surface area contributed by atoms with E-state index in [1.54, 1.807) is 12.1 Å². The smallest absolute Gasteiger partial charge is 0.338 e. The van der Waals surface area contributed by atoms with Crippen molar-refractivity contribution in [2.45, 2.75) is 19.8 Å². The molecule has 0 aliphatic carbocycles. The predicted molar refractivity (Wildman–Crippen MR) is 96.3 cm³/mol. The van der Waals surface area contributed by atoms with Gasteiger partial charge in [-0.05, 0) is 35.7 Å². The van der Waals surface area contributed by atoms with Crippen molar-refractivity contribution < 1.29 is 23.9 Å². The number of primary amides is 1. The average Bonchev–Trinajstić information content (AvgIpc) is 2.64. The Hall–Kier alpha value is -3.15. The molecule has 0 atom stereocenters. The first-order chi connectivity index (χ1) is 12.4. The Bertz CT molecular complexity index is 779. The zero-order chi connectivity index (χ0) is 19.1. The number of nitrogens with two attached hydrogens (primary N) is 1. The minimum absolute atomic E-state index is 0.242. The number of hydrogen-bond donors (Lipinski definition) is 1. The Balaban J connectivity index is 1.89. The van der Waals surface area contributed by atoms with Crippen molar-refractivity contribution in [3.8, 4) is 5.75 Å². The lowest BCUT2D eigenvalue weighted by molar-refractivity contribution is -0.119. The molecule has 0 saturated heterocycles. The van der Waals surface area contributed by atoms with Crippen LogP contribution < -0.4 is 10.5 Å². The molecule has 2 rings (SSSR count). The fourth-order valence-electron chi connectivity index (χ4n) is 2.19. The van der Waals surface area contributed by atoms with Crippen LogP contribution in [0.3, 0.4) is 0 Å². The van der Waals surface area contributed by atoms with E-state index in [0.717, 1.165) is 5.56 Å². The van der Waals surface area contributed by atoms with Crippen molar-refractivity contribution in [2.24, 2.45) is 5.73 Å². The molecule has 6 nitrogen and oxygen atoms in total. The Morgan fingerprint density at radius 2 is 1.46 bits per heavy atom. The molecule has 0 saturated carbocycles. The monoisotopic (exact) mass is 355 g/mol. The number of amides is 1. The van der Waals surface area contributed by atoms with Gasteiger partial charge in [-0.3, -0.25) is 9.59 Å². The van der Waals surface area contributed by atoms with Crippen LogP contribution in [0.15, 0.2) is 48.5 Å². The number of rotatable bonds is 8. The lowest BCUT2D eigenvalue weighted by Crippen LogP contribution is -2.20. The standard InChI is InChI=1S/C20H21NO5/c1-13(2)14-3-5-15(6-4-14)18(22)11-26-20(24)16-7-9-17(10-8-16)25-12-19(21)23/h3-10,13H,11-12H2,1-2H3,(H2,21,23). The number of benzene rings is 2. The minimum atomic E-state index is -0.612. The van der Waals surface area contributed by atoms with E-state index >= 15 is 0 Å². The van der Waals surface area contributed by atoms with E-state index in [9.17, 15) is 14.4 Å². The van der Waals surface area contributed by atoms with Crippen LogP contribution in [-0.2, 0) is 9.53 Å². The predicted octanol–water partition coefficient (Wildman–Crippen LogP) is 2.71. The highest BCUT2D eigenvalue weighted by molar-refractivity contribution is 5.99. The highest BCUT2D eigenvalue weighted by atomic mass is 16.5. The largest absolute Gasteiger partial charge is 0.484 e. The van der Waals surface area contributed by atoms with Crippen LogP contribution in [0.2, 0.25) is 0 Å². The van der Waals surface area contributed by atoms with Gasteiger partial charge in [-0.25, -0.2) is 4.79 Å². The molecule has 0 bridgehead atoms. The van der Waals surface area contributed by atoms with E-state index in [0.29, 0.717) is 17.2 Å². The van der Waals surface area contributed by atoms with Crippen molar-refractivity contribution in [1.82, 2.24) is 0 Å². The van der Waals surface area contributed by atoms with Crippen LogP contribution in [0, 0.1) is 0 Å². The Kier molecular flexibility index (Phi) is 6.49. The third-order valence-corrected chi connectivity index (χ3v) is 3.70. The van der Waals surface area contributed by atoms with Gasteiger partial charge in [0, 0.05) is 5.56 Å². The van der Waals surface area contributed by atoms with Gasteiger partial charge in [0.05, 0.1) is 5.56 Å². The van der Waals surface area contributed by atoms with E-state index in [1.165, 1.54) is 24.3 Å². The van der Waals surface area contributed by atoms with Crippen LogP contribution in [0.5, 0.6) is 5.75 Å². The summed E-state index contributed by atoms with van der Waals surface area (Å²) >= 11 is 0. The van der Waals surface area contributed by atoms with Crippen LogP contribution in [-0.4, -0.2) is 30.9 Å². The third kappa shape index (κ3) is 5.44. The second kappa shape index (κ2) is 8.80. The van der Waals surface area contributed by atoms with E-state index < -0.39 is 11.9 Å². The number of ether oxygens (including phenoxy) is 2. The second-order valence-electron chi connectivity index (χ2n) is 6.06. The highest BCUT2D eigenvalue weighted by Crippen LogP contribution is 2.16. The number of Topliss-reactive ketones (excluding diaryl/α,β-unsaturated/α-hetero) is 1. The van der Waals surface area contributed by atoms with Crippen molar-refractivity contribution in [3.63, 3.8) is 0 Å². The van der Waals surface area contributed by atoms with Gasteiger partial charge in [0.15, 0.2) is 19.0 Å². The molecule has 0 heterocycles. The van der Waals surface area contributed by atoms with Crippen molar-refractivity contribution in [2.75, 3.05) is 13.2 Å². The topological polar surface area (TPSA) is 95.7 Å². The minimum Gasteiger partial charge on any atom is -0.484 e. The quantitative estimate of drug-likeness (QED) is 0.580. The van der Waals surface area contributed by atoms with Crippen molar-refractivity contribution in [3.05, 3.63) is 65.2 Å². The fraction of sp³-hybridized carbons (Fsp3) is 0.250. The Morgan fingerprint density at radius 3 is 2.00 bits per heavy atom. The fourth-order valence-corrected chi connectivity index (χ4v) is 2.19. The first-order valence-corrected chi connectivity index (χ1v) is 8.18. The Morgan fingerprint density at radius 1 is 0.885 bits per heavy atom. The zero-order valence-corrected chi connectivity index (χ0v) is 14.7. The van der Waals surface area contributed by atoms with Gasteiger partial charge in [0.1, 0.15) is 5.75 Å². The van der Waals surface area contributed by atoms with Gasteiger partial charge in [-0.1, -0.05) is 38.1 Å². The number of ketones is 1. The van der Waals surface area contributed by atoms with Gasteiger partial charge in [0.2, 0.25) is 0 Å². The van der Waals surface area contributed by atoms with Gasteiger partial charge in [-0.15, -0.1) is 0 Å². The normalized spacial score (nSPS) is 10.4. The average molecular weight is 355 g/mol. The molecule has 6 heteroatoms. The first-order valence-electron chi connectivity index (χ1n) is 8.18. The molecule has 1 amide bonds. The lowest BCUT2D eigenvalue weighted by atomic mass is 10.0. The van der Waals surface area contributed by atoms with Crippen LogP contribution >= 0.6 is 0 Å². The molecule has 0 fully saturated rings. The molecule has 2 aromatic rings. The SMILES string of the molecule is CC(C)c1ccc(C(=O)COC(=O)c2ccc(OCC(N)=O)cc2)cc1. The number of esters is 1. The molecular formula is C20H21NO5. The summed E-state index contributed by atoms with van der Waals surface area (Å²) in [6.07, 6.45) is 0. The molecule has 0 aliphatic rings. The molecular weight excluding hydrogens is 334 g/mol. The van der Waals surface area contributed by atoms with E-state index in [-0.39, 0.29) is 24.6 Å². The first kappa shape index (κ1) is 19.2. The van der Waals surface area contributed by atoms with E-state index in [2.05, 4.69) is 13.8 Å². The summed E-state index contributed by atoms with van der Waals surface area (Å²) in [6, 6.07) is 13.3. The zero-order valence-electron chi connectivity index (χ0n) is 14.7. The van der Waals surface area contributed by atoms with Gasteiger partial charge >= 0.3 is 5.97 Å². The molecule has 26 heavy (non-hydrogen) atoms.